The molecule has 1 saturated carbocycles. The third-order valence-electron chi connectivity index (χ3n) is 3.83. The Labute approximate surface area is 109 Å². The molecule has 5 heteroatoms. The van der Waals surface area contributed by atoms with Gasteiger partial charge in [-0.1, -0.05) is 0 Å². The van der Waals surface area contributed by atoms with E-state index in [-0.39, 0.29) is 18.2 Å². The summed E-state index contributed by atoms with van der Waals surface area (Å²) in [6.07, 6.45) is 3.16. The Morgan fingerprint density at radius 1 is 1.59 bits per heavy atom. The number of hydrogen-bond donors (Lipinski definition) is 2. The molecule has 1 saturated heterocycles. The van der Waals surface area contributed by atoms with Gasteiger partial charge in [-0.2, -0.15) is 0 Å². The van der Waals surface area contributed by atoms with E-state index in [4.69, 9.17) is 10.5 Å². The Hall–Kier alpha value is -0.650. The van der Waals surface area contributed by atoms with E-state index < -0.39 is 0 Å². The number of aryl methyl sites for hydroxylation is 1. The molecule has 2 fully saturated rings. The van der Waals surface area contributed by atoms with Crippen molar-refractivity contribution < 1.29 is 4.74 Å². The average Bonchev–Trinajstić information content (AvgIpc) is 2.75. The van der Waals surface area contributed by atoms with E-state index >= 15 is 0 Å². The van der Waals surface area contributed by atoms with Crippen LogP contribution in [0.4, 0.5) is 5.82 Å². The molecule has 3 rings (SSSR count). The second-order valence-corrected chi connectivity index (χ2v) is 5.62. The molecule has 0 amide bonds. The van der Waals surface area contributed by atoms with Crippen LogP contribution in [0.15, 0.2) is 16.7 Å². The van der Waals surface area contributed by atoms with Crippen molar-refractivity contribution in [3.05, 3.63) is 22.3 Å². The number of aromatic nitrogens is 1. The van der Waals surface area contributed by atoms with Gasteiger partial charge in [-0.15, -0.1) is 0 Å². The molecule has 1 aliphatic heterocycles. The Kier molecular flexibility index (Phi) is 2.84. The van der Waals surface area contributed by atoms with Crippen molar-refractivity contribution in [1.82, 2.24) is 4.98 Å². The fourth-order valence-corrected chi connectivity index (χ4v) is 3.08. The van der Waals surface area contributed by atoms with Gasteiger partial charge in [-0.25, -0.2) is 4.98 Å². The summed E-state index contributed by atoms with van der Waals surface area (Å²) in [5, 5.41) is 3.40. The number of ether oxygens (including phenoxy) is 1. The minimum atomic E-state index is 0.178. The fraction of sp³-hybridized carbons (Fsp3) is 0.583. The Morgan fingerprint density at radius 2 is 2.41 bits per heavy atom. The smallest absolute Gasteiger partial charge is 0.140 e. The normalized spacial score (nSPS) is 35.2. The molecule has 3 N–H and O–H groups in total. The number of anilines is 1. The molecule has 0 bridgehead atoms. The lowest BCUT2D eigenvalue weighted by Gasteiger charge is -2.46. The lowest BCUT2D eigenvalue weighted by Crippen LogP contribution is -2.65. The molecule has 1 aliphatic carbocycles. The molecule has 0 radical (unpaired) electrons. The van der Waals surface area contributed by atoms with E-state index in [0.29, 0.717) is 5.92 Å². The Bertz CT molecular complexity index is 440. The summed E-state index contributed by atoms with van der Waals surface area (Å²) in [6, 6.07) is 2.34. The summed E-state index contributed by atoms with van der Waals surface area (Å²) in [4.78, 5) is 4.34. The molecule has 2 aliphatic rings. The number of halogens is 1. The van der Waals surface area contributed by atoms with Gasteiger partial charge < -0.3 is 15.8 Å². The van der Waals surface area contributed by atoms with E-state index in [1.165, 1.54) is 5.56 Å². The highest BCUT2D eigenvalue weighted by Gasteiger charge is 2.52. The zero-order valence-corrected chi connectivity index (χ0v) is 11.3. The predicted octanol–water partition coefficient (Wildman–Crippen LogP) is 1.68. The van der Waals surface area contributed by atoms with Gasteiger partial charge >= 0.3 is 0 Å². The highest BCUT2D eigenvalue weighted by molar-refractivity contribution is 9.10. The van der Waals surface area contributed by atoms with E-state index in [0.717, 1.165) is 23.3 Å². The van der Waals surface area contributed by atoms with Crippen LogP contribution in [0.5, 0.6) is 0 Å². The van der Waals surface area contributed by atoms with Crippen LogP contribution in [0.3, 0.4) is 0 Å². The maximum absolute atomic E-state index is 6.16. The zero-order valence-electron chi connectivity index (χ0n) is 9.69. The van der Waals surface area contributed by atoms with Crippen LogP contribution in [0.2, 0.25) is 0 Å². The molecule has 2 heterocycles. The monoisotopic (exact) mass is 297 g/mol. The van der Waals surface area contributed by atoms with Gasteiger partial charge in [0.2, 0.25) is 0 Å². The molecule has 0 spiro atoms. The standard InChI is InChI=1S/C12H16BrN3O/c1-6-2-4-15-12(8(6)13)16-10-9(14)7-3-5-17-11(7)10/h2,4,7,9-11H,3,5,14H2,1H3,(H,15,16). The lowest BCUT2D eigenvalue weighted by molar-refractivity contribution is 0.00521. The predicted molar refractivity (Wildman–Crippen MR) is 69.9 cm³/mol. The first-order chi connectivity index (χ1) is 8.18. The van der Waals surface area contributed by atoms with Crippen molar-refractivity contribution in [1.29, 1.82) is 0 Å². The van der Waals surface area contributed by atoms with Crippen molar-refractivity contribution >= 4 is 21.7 Å². The van der Waals surface area contributed by atoms with Crippen LogP contribution in [0.25, 0.3) is 0 Å². The van der Waals surface area contributed by atoms with Crippen LogP contribution < -0.4 is 11.1 Å². The van der Waals surface area contributed by atoms with Crippen LogP contribution in [0, 0.1) is 12.8 Å². The number of nitrogens with two attached hydrogens (primary N) is 1. The minimum Gasteiger partial charge on any atom is -0.376 e. The maximum atomic E-state index is 6.16. The van der Waals surface area contributed by atoms with Gasteiger partial charge in [-0.05, 0) is 40.9 Å². The molecular formula is C12H16BrN3O. The van der Waals surface area contributed by atoms with Crippen LogP contribution in [-0.4, -0.2) is 29.8 Å². The van der Waals surface area contributed by atoms with Crippen molar-refractivity contribution in [2.24, 2.45) is 11.7 Å². The van der Waals surface area contributed by atoms with Crippen LogP contribution in [-0.2, 0) is 4.74 Å². The first-order valence-electron chi connectivity index (χ1n) is 5.93. The minimum absolute atomic E-state index is 0.178. The topological polar surface area (TPSA) is 60.2 Å². The number of hydrogen-bond acceptors (Lipinski definition) is 4. The average molecular weight is 298 g/mol. The Morgan fingerprint density at radius 3 is 3.24 bits per heavy atom. The zero-order chi connectivity index (χ0) is 12.0. The first kappa shape index (κ1) is 11.4. The highest BCUT2D eigenvalue weighted by atomic mass is 79.9. The SMILES string of the molecule is Cc1ccnc(NC2C(N)C3CCOC32)c1Br. The second-order valence-electron chi connectivity index (χ2n) is 4.83. The summed E-state index contributed by atoms with van der Waals surface area (Å²) in [5.41, 5.74) is 7.32. The maximum Gasteiger partial charge on any atom is 0.140 e. The summed E-state index contributed by atoms with van der Waals surface area (Å²) < 4.78 is 6.70. The molecule has 17 heavy (non-hydrogen) atoms. The van der Waals surface area contributed by atoms with Crippen molar-refractivity contribution in [3.63, 3.8) is 0 Å². The Balaban J connectivity index is 1.77. The molecule has 0 aromatic carbocycles. The van der Waals surface area contributed by atoms with Gasteiger partial charge in [0.25, 0.3) is 0 Å². The second kappa shape index (κ2) is 4.23. The van der Waals surface area contributed by atoms with E-state index in [2.05, 4.69) is 26.2 Å². The molecule has 4 atom stereocenters. The van der Waals surface area contributed by atoms with Crippen molar-refractivity contribution in [3.8, 4) is 0 Å². The number of pyridine rings is 1. The summed E-state index contributed by atoms with van der Waals surface area (Å²) in [6.45, 7) is 2.89. The molecule has 1 aromatic rings. The first-order valence-corrected chi connectivity index (χ1v) is 6.72. The van der Waals surface area contributed by atoms with Gasteiger partial charge in [-0.3, -0.25) is 0 Å². The number of fused-ring (bicyclic) bond motifs is 1. The van der Waals surface area contributed by atoms with E-state index in [1.807, 2.05) is 13.0 Å². The summed E-state index contributed by atoms with van der Waals surface area (Å²) in [7, 11) is 0. The van der Waals surface area contributed by atoms with Crippen molar-refractivity contribution in [2.45, 2.75) is 31.5 Å². The van der Waals surface area contributed by atoms with E-state index in [9.17, 15) is 0 Å². The quantitative estimate of drug-likeness (QED) is 0.872. The molecular weight excluding hydrogens is 282 g/mol. The summed E-state index contributed by atoms with van der Waals surface area (Å²) in [5.74, 6) is 1.38. The molecule has 4 unspecified atom stereocenters. The van der Waals surface area contributed by atoms with Crippen LogP contribution >= 0.6 is 15.9 Å². The largest absolute Gasteiger partial charge is 0.376 e. The number of rotatable bonds is 2. The third-order valence-corrected chi connectivity index (χ3v) is 4.83. The van der Waals surface area contributed by atoms with Crippen molar-refractivity contribution in [2.75, 3.05) is 11.9 Å². The van der Waals surface area contributed by atoms with Gasteiger partial charge in [0.15, 0.2) is 0 Å². The third kappa shape index (κ3) is 1.77. The van der Waals surface area contributed by atoms with E-state index in [1.54, 1.807) is 6.20 Å². The lowest BCUT2D eigenvalue weighted by atomic mass is 9.72. The van der Waals surface area contributed by atoms with Gasteiger partial charge in [0.05, 0.1) is 16.6 Å². The van der Waals surface area contributed by atoms with Crippen LogP contribution in [0.1, 0.15) is 12.0 Å². The highest BCUT2D eigenvalue weighted by Crippen LogP contribution is 2.40. The fourth-order valence-electron chi connectivity index (χ4n) is 2.73. The number of nitrogens with one attached hydrogen (secondary N) is 1. The van der Waals surface area contributed by atoms with Gasteiger partial charge in [0, 0.05) is 24.8 Å². The number of nitrogens with zero attached hydrogens (tertiary/aromatic N) is 1. The molecule has 92 valence electrons. The summed E-state index contributed by atoms with van der Waals surface area (Å²) >= 11 is 3.55. The van der Waals surface area contributed by atoms with Gasteiger partial charge in [0.1, 0.15) is 5.82 Å². The molecule has 4 nitrogen and oxygen atoms in total. The molecule has 1 aromatic heterocycles.